The van der Waals surface area contributed by atoms with Crippen LogP contribution in [-0.4, -0.2) is 71.3 Å². The molecule has 0 radical (unpaired) electrons. The van der Waals surface area contributed by atoms with Gasteiger partial charge in [0.2, 0.25) is 5.91 Å². The number of hydrogen-bond donors (Lipinski definition) is 0. The predicted molar refractivity (Wildman–Crippen MR) is 116 cm³/mol. The molecule has 4 atom stereocenters. The molecule has 6 nitrogen and oxygen atoms in total. The minimum atomic E-state index is -0.0259. The molecule has 30 heavy (non-hydrogen) atoms. The van der Waals surface area contributed by atoms with Gasteiger partial charge in [0, 0.05) is 25.6 Å². The number of amides is 2. The third-order valence-corrected chi connectivity index (χ3v) is 8.01. The molecule has 1 aliphatic heterocycles. The lowest BCUT2D eigenvalue weighted by Gasteiger charge is -2.54. The van der Waals surface area contributed by atoms with Crippen LogP contribution in [0.3, 0.4) is 0 Å². The average Bonchev–Trinajstić information content (AvgIpc) is 3.27. The van der Waals surface area contributed by atoms with Gasteiger partial charge in [0.05, 0.1) is 18.3 Å². The van der Waals surface area contributed by atoms with Crippen molar-refractivity contribution in [3.05, 3.63) is 24.2 Å². The van der Waals surface area contributed by atoms with E-state index in [1.165, 1.54) is 25.7 Å². The third kappa shape index (κ3) is 4.03. The van der Waals surface area contributed by atoms with Gasteiger partial charge in [0.25, 0.3) is 5.91 Å². The van der Waals surface area contributed by atoms with E-state index in [2.05, 4.69) is 30.8 Å². The Morgan fingerprint density at radius 2 is 1.73 bits per heavy atom. The molecule has 2 saturated carbocycles. The molecule has 1 saturated heterocycles. The summed E-state index contributed by atoms with van der Waals surface area (Å²) in [7, 11) is 4.38. The topological polar surface area (TPSA) is 57.0 Å². The summed E-state index contributed by atoms with van der Waals surface area (Å²) in [6.07, 6.45) is 9.83. The second kappa shape index (κ2) is 8.74. The van der Waals surface area contributed by atoms with E-state index in [0.29, 0.717) is 24.3 Å². The van der Waals surface area contributed by atoms with E-state index >= 15 is 0 Å². The summed E-state index contributed by atoms with van der Waals surface area (Å²) in [6.45, 7) is 4.32. The van der Waals surface area contributed by atoms with Crippen LogP contribution in [0.5, 0.6) is 0 Å². The van der Waals surface area contributed by atoms with Crippen molar-refractivity contribution in [1.82, 2.24) is 14.7 Å². The monoisotopic (exact) mass is 415 g/mol. The average molecular weight is 416 g/mol. The van der Waals surface area contributed by atoms with E-state index in [1.807, 2.05) is 4.90 Å². The standard InChI is InChI=1S/C24H37N3O3/c1-16-15-26(24(29)23-6-5-13-30-23)22-14-19(9-12-21(22)27(16)17(2)28)18-7-10-20(11-8-18)25(3)4/h5-6,13,16,18-22H,7-12,14-15H2,1-4H3/t16-,18?,19?,20?,21?,22?/m0/s1. The number of carbonyl (C=O) groups excluding carboxylic acids is 2. The highest BCUT2D eigenvalue weighted by atomic mass is 16.3. The van der Waals surface area contributed by atoms with Crippen LogP contribution < -0.4 is 0 Å². The van der Waals surface area contributed by atoms with Gasteiger partial charge in [0.1, 0.15) is 0 Å². The molecule has 3 fully saturated rings. The molecule has 6 heteroatoms. The van der Waals surface area contributed by atoms with Crippen molar-refractivity contribution in [2.75, 3.05) is 20.6 Å². The quantitative estimate of drug-likeness (QED) is 0.756. The van der Waals surface area contributed by atoms with Crippen molar-refractivity contribution in [3.8, 4) is 0 Å². The van der Waals surface area contributed by atoms with Crippen LogP contribution in [0.4, 0.5) is 0 Å². The Morgan fingerprint density at radius 3 is 2.33 bits per heavy atom. The van der Waals surface area contributed by atoms with Gasteiger partial charge >= 0.3 is 0 Å². The van der Waals surface area contributed by atoms with Gasteiger partial charge < -0.3 is 19.1 Å². The molecule has 1 aromatic rings. The van der Waals surface area contributed by atoms with E-state index in [0.717, 1.165) is 25.2 Å². The number of rotatable bonds is 3. The zero-order valence-corrected chi connectivity index (χ0v) is 18.9. The molecule has 2 heterocycles. The lowest BCUT2D eigenvalue weighted by atomic mass is 9.68. The molecule has 3 aliphatic rings. The summed E-state index contributed by atoms with van der Waals surface area (Å²) in [5.41, 5.74) is 0. The van der Waals surface area contributed by atoms with Gasteiger partial charge in [-0.25, -0.2) is 0 Å². The normalized spacial score (nSPS) is 34.7. The van der Waals surface area contributed by atoms with Crippen molar-refractivity contribution in [2.24, 2.45) is 11.8 Å². The molecule has 4 rings (SSSR count). The van der Waals surface area contributed by atoms with Crippen LogP contribution in [-0.2, 0) is 4.79 Å². The zero-order chi connectivity index (χ0) is 21.4. The van der Waals surface area contributed by atoms with Gasteiger partial charge in [-0.2, -0.15) is 0 Å². The number of hydrogen-bond acceptors (Lipinski definition) is 4. The SMILES string of the molecule is CC(=O)N1C2CCC(C3CCC(N(C)C)CC3)CC2N(C(=O)c2ccco2)C[C@@H]1C. The summed E-state index contributed by atoms with van der Waals surface area (Å²) in [6, 6.07) is 4.48. The molecular formula is C24H37N3O3. The second-order valence-electron chi connectivity index (χ2n) is 9.95. The Bertz CT molecular complexity index is 739. The highest BCUT2D eigenvalue weighted by Gasteiger charge is 2.48. The molecule has 0 aromatic carbocycles. The molecule has 0 N–H and O–H groups in total. The van der Waals surface area contributed by atoms with Crippen molar-refractivity contribution >= 4 is 11.8 Å². The number of piperazine rings is 1. The summed E-state index contributed by atoms with van der Waals surface area (Å²) in [5, 5.41) is 0. The van der Waals surface area contributed by atoms with Crippen LogP contribution in [0.25, 0.3) is 0 Å². The van der Waals surface area contributed by atoms with Crippen LogP contribution in [0.15, 0.2) is 22.8 Å². The molecule has 166 valence electrons. The lowest BCUT2D eigenvalue weighted by Crippen LogP contribution is -2.67. The zero-order valence-electron chi connectivity index (χ0n) is 18.9. The number of furan rings is 1. The van der Waals surface area contributed by atoms with Crippen LogP contribution in [0.2, 0.25) is 0 Å². The summed E-state index contributed by atoms with van der Waals surface area (Å²) in [5.74, 6) is 1.90. The van der Waals surface area contributed by atoms with Crippen LogP contribution in [0, 0.1) is 11.8 Å². The molecule has 3 unspecified atom stereocenters. The van der Waals surface area contributed by atoms with Gasteiger partial charge in [-0.3, -0.25) is 9.59 Å². The van der Waals surface area contributed by atoms with E-state index in [4.69, 9.17) is 4.42 Å². The maximum Gasteiger partial charge on any atom is 0.289 e. The Balaban J connectivity index is 1.52. The molecule has 1 aromatic heterocycles. The maximum absolute atomic E-state index is 13.3. The summed E-state index contributed by atoms with van der Waals surface area (Å²) in [4.78, 5) is 32.1. The fourth-order valence-corrected chi connectivity index (χ4v) is 6.49. The Morgan fingerprint density at radius 1 is 1.03 bits per heavy atom. The highest BCUT2D eigenvalue weighted by molar-refractivity contribution is 5.92. The van der Waals surface area contributed by atoms with Gasteiger partial charge in [0.15, 0.2) is 5.76 Å². The van der Waals surface area contributed by atoms with Crippen molar-refractivity contribution in [2.45, 2.75) is 83.0 Å². The number of carbonyl (C=O) groups is 2. The van der Waals surface area contributed by atoms with Crippen molar-refractivity contribution in [1.29, 1.82) is 0 Å². The minimum Gasteiger partial charge on any atom is -0.459 e. The largest absolute Gasteiger partial charge is 0.459 e. The summed E-state index contributed by atoms with van der Waals surface area (Å²) >= 11 is 0. The Hall–Kier alpha value is -1.82. The Labute approximate surface area is 180 Å². The van der Waals surface area contributed by atoms with Gasteiger partial charge in [-0.05, 0) is 89.9 Å². The van der Waals surface area contributed by atoms with Crippen LogP contribution in [0.1, 0.15) is 69.3 Å². The lowest BCUT2D eigenvalue weighted by molar-refractivity contribution is -0.142. The fraction of sp³-hybridized carbons (Fsp3) is 0.750. The molecule has 0 spiro atoms. The van der Waals surface area contributed by atoms with E-state index in [1.54, 1.807) is 25.3 Å². The highest BCUT2D eigenvalue weighted by Crippen LogP contribution is 2.43. The molecule has 2 amide bonds. The first-order chi connectivity index (χ1) is 14.4. The van der Waals surface area contributed by atoms with E-state index < -0.39 is 0 Å². The van der Waals surface area contributed by atoms with Crippen molar-refractivity contribution < 1.29 is 14.0 Å². The second-order valence-corrected chi connectivity index (χ2v) is 9.95. The molecule has 0 bridgehead atoms. The summed E-state index contributed by atoms with van der Waals surface area (Å²) < 4.78 is 5.44. The maximum atomic E-state index is 13.3. The smallest absolute Gasteiger partial charge is 0.289 e. The van der Waals surface area contributed by atoms with E-state index in [9.17, 15) is 9.59 Å². The fourth-order valence-electron chi connectivity index (χ4n) is 6.49. The number of nitrogens with zero attached hydrogens (tertiary/aromatic N) is 3. The third-order valence-electron chi connectivity index (χ3n) is 8.01. The van der Waals surface area contributed by atoms with E-state index in [-0.39, 0.29) is 29.9 Å². The predicted octanol–water partition coefficient (Wildman–Crippen LogP) is 3.63. The van der Waals surface area contributed by atoms with Gasteiger partial charge in [-0.1, -0.05) is 0 Å². The molecular weight excluding hydrogens is 378 g/mol. The van der Waals surface area contributed by atoms with Gasteiger partial charge in [-0.15, -0.1) is 0 Å². The van der Waals surface area contributed by atoms with Crippen molar-refractivity contribution in [3.63, 3.8) is 0 Å². The Kier molecular flexibility index (Phi) is 6.24. The first kappa shape index (κ1) is 21.4. The minimum absolute atomic E-state index is 0.0259. The van der Waals surface area contributed by atoms with Crippen LogP contribution >= 0.6 is 0 Å². The first-order valence-corrected chi connectivity index (χ1v) is 11.7. The molecule has 2 aliphatic carbocycles. The number of fused-ring (bicyclic) bond motifs is 1. The first-order valence-electron chi connectivity index (χ1n) is 11.7.